The van der Waals surface area contributed by atoms with E-state index >= 15 is 0 Å². The molecule has 1 fully saturated rings. The maximum absolute atomic E-state index is 11.6. The first-order valence-electron chi connectivity index (χ1n) is 5.26. The highest BCUT2D eigenvalue weighted by molar-refractivity contribution is 5.84. The molecule has 0 aromatic rings. The van der Waals surface area contributed by atoms with Crippen LogP contribution in [0.15, 0.2) is 0 Å². The molecule has 1 aliphatic rings. The van der Waals surface area contributed by atoms with Crippen LogP contribution in [0.2, 0.25) is 0 Å². The lowest BCUT2D eigenvalue weighted by atomic mass is 10.2. The second-order valence-electron chi connectivity index (χ2n) is 3.89. The highest BCUT2D eigenvalue weighted by Gasteiger charge is 2.38. The largest absolute Gasteiger partial charge is 0.480 e. The third-order valence-corrected chi connectivity index (χ3v) is 2.63. The lowest BCUT2D eigenvalue weighted by molar-refractivity contribution is -0.148. The number of aliphatic hydroxyl groups is 1. The average Bonchev–Trinajstić information content (AvgIpc) is 2.57. The Balaban J connectivity index is 2.58. The smallest absolute Gasteiger partial charge is 0.326 e. The number of aliphatic carboxylic acids is 1. The number of β-amino-alcohol motifs (C(OH)–C–C–N with tert-alkyl or cyclic N) is 1. The summed E-state index contributed by atoms with van der Waals surface area (Å²) in [5, 5.41) is 18.2. The Morgan fingerprint density at radius 1 is 1.47 bits per heavy atom. The number of carboxylic acid groups (broad SMARTS) is 1. The molecule has 2 N–H and O–H groups in total. The molecule has 0 saturated carbocycles. The number of hydrogen-bond donors (Lipinski definition) is 2. The van der Waals surface area contributed by atoms with Crippen molar-refractivity contribution in [1.82, 2.24) is 4.90 Å². The normalized spacial score (nSPS) is 25.6. The predicted molar refractivity (Wildman–Crippen MR) is 53.3 cm³/mol. The van der Waals surface area contributed by atoms with Crippen LogP contribution in [0.4, 0.5) is 0 Å². The van der Waals surface area contributed by atoms with Crippen LogP contribution in [-0.2, 0) is 9.59 Å². The van der Waals surface area contributed by atoms with Crippen molar-refractivity contribution in [3.63, 3.8) is 0 Å². The van der Waals surface area contributed by atoms with Crippen molar-refractivity contribution in [3.05, 3.63) is 0 Å². The molecule has 0 radical (unpaired) electrons. The Kier molecular flexibility index (Phi) is 4.08. The molecule has 5 heteroatoms. The van der Waals surface area contributed by atoms with Crippen LogP contribution in [0.5, 0.6) is 0 Å². The number of aliphatic hydroxyl groups excluding tert-OH is 1. The van der Waals surface area contributed by atoms with Gasteiger partial charge in [-0.15, -0.1) is 0 Å². The summed E-state index contributed by atoms with van der Waals surface area (Å²) in [6, 6.07) is -0.843. The Labute approximate surface area is 88.7 Å². The molecule has 0 aromatic carbocycles. The number of carbonyl (C=O) groups excluding carboxylic acids is 1. The Hall–Kier alpha value is -1.10. The van der Waals surface area contributed by atoms with Gasteiger partial charge in [0.15, 0.2) is 0 Å². The third kappa shape index (κ3) is 2.92. The maximum Gasteiger partial charge on any atom is 0.326 e. The van der Waals surface area contributed by atoms with Crippen molar-refractivity contribution in [1.29, 1.82) is 0 Å². The number of unbranched alkanes of at least 4 members (excludes halogenated alkanes) is 1. The van der Waals surface area contributed by atoms with Gasteiger partial charge in [-0.3, -0.25) is 4.79 Å². The van der Waals surface area contributed by atoms with E-state index in [2.05, 4.69) is 0 Å². The van der Waals surface area contributed by atoms with Crippen molar-refractivity contribution >= 4 is 11.9 Å². The SMILES string of the molecule is CCCCC(=O)N1C[C@@H](O)C[C@H]1C(=O)O. The molecule has 0 spiro atoms. The van der Waals surface area contributed by atoms with Gasteiger partial charge < -0.3 is 15.1 Å². The first-order chi connectivity index (χ1) is 7.06. The molecular weight excluding hydrogens is 198 g/mol. The average molecular weight is 215 g/mol. The van der Waals surface area contributed by atoms with E-state index < -0.39 is 18.1 Å². The monoisotopic (exact) mass is 215 g/mol. The van der Waals surface area contributed by atoms with Gasteiger partial charge >= 0.3 is 5.97 Å². The molecule has 0 aliphatic carbocycles. The summed E-state index contributed by atoms with van der Waals surface area (Å²) in [5.41, 5.74) is 0. The first kappa shape index (κ1) is 12.0. The van der Waals surface area contributed by atoms with Crippen LogP contribution in [0, 0.1) is 0 Å². The van der Waals surface area contributed by atoms with Crippen molar-refractivity contribution in [3.8, 4) is 0 Å². The quantitative estimate of drug-likeness (QED) is 0.703. The zero-order valence-corrected chi connectivity index (χ0v) is 8.85. The summed E-state index contributed by atoms with van der Waals surface area (Å²) in [6.07, 6.45) is 1.48. The molecule has 1 heterocycles. The van der Waals surface area contributed by atoms with Crippen LogP contribution < -0.4 is 0 Å². The fourth-order valence-corrected chi connectivity index (χ4v) is 1.80. The molecule has 0 unspecified atom stereocenters. The van der Waals surface area contributed by atoms with Gasteiger partial charge in [0, 0.05) is 19.4 Å². The summed E-state index contributed by atoms with van der Waals surface area (Å²) in [5.74, 6) is -1.20. The molecule has 0 aromatic heterocycles. The second-order valence-corrected chi connectivity index (χ2v) is 3.89. The van der Waals surface area contributed by atoms with E-state index in [1.54, 1.807) is 0 Å². The van der Waals surface area contributed by atoms with Gasteiger partial charge in [0.05, 0.1) is 6.10 Å². The molecule has 5 nitrogen and oxygen atoms in total. The van der Waals surface area contributed by atoms with Crippen LogP contribution in [0.1, 0.15) is 32.6 Å². The molecule has 1 amide bonds. The van der Waals surface area contributed by atoms with Crippen LogP contribution in [0.3, 0.4) is 0 Å². The third-order valence-electron chi connectivity index (χ3n) is 2.63. The molecule has 86 valence electrons. The molecule has 15 heavy (non-hydrogen) atoms. The summed E-state index contributed by atoms with van der Waals surface area (Å²) in [7, 11) is 0. The van der Waals surface area contributed by atoms with Gasteiger partial charge in [-0.25, -0.2) is 4.79 Å². The van der Waals surface area contributed by atoms with Crippen molar-refractivity contribution in [2.75, 3.05) is 6.54 Å². The minimum Gasteiger partial charge on any atom is -0.480 e. The fourth-order valence-electron chi connectivity index (χ4n) is 1.80. The molecular formula is C10H17NO4. The van der Waals surface area contributed by atoms with Crippen molar-refractivity contribution in [2.24, 2.45) is 0 Å². The predicted octanol–water partition coefficient (Wildman–Crippen LogP) is 0.223. The second kappa shape index (κ2) is 5.11. The number of carbonyl (C=O) groups is 2. The van der Waals surface area contributed by atoms with E-state index in [1.165, 1.54) is 4.90 Å². The molecule has 1 aliphatic heterocycles. The number of nitrogens with zero attached hydrogens (tertiary/aromatic N) is 1. The standard InChI is InChI=1S/C10H17NO4/c1-2-3-4-9(13)11-6-7(12)5-8(11)10(14)15/h7-8,12H,2-6H2,1H3,(H,14,15)/t7-,8-/m0/s1. The topological polar surface area (TPSA) is 77.8 Å². The fraction of sp³-hybridized carbons (Fsp3) is 0.800. The first-order valence-corrected chi connectivity index (χ1v) is 5.26. The van der Waals surface area contributed by atoms with E-state index in [-0.39, 0.29) is 18.9 Å². The minimum absolute atomic E-state index is 0.146. The number of carboxylic acids is 1. The molecule has 1 saturated heterocycles. The van der Waals surface area contributed by atoms with Gasteiger partial charge in [-0.1, -0.05) is 13.3 Å². The Morgan fingerprint density at radius 2 is 2.13 bits per heavy atom. The molecule has 1 rings (SSSR count). The van der Waals surface area contributed by atoms with E-state index in [0.29, 0.717) is 6.42 Å². The van der Waals surface area contributed by atoms with E-state index in [1.807, 2.05) is 6.92 Å². The Morgan fingerprint density at radius 3 is 2.67 bits per heavy atom. The summed E-state index contributed by atoms with van der Waals surface area (Å²) >= 11 is 0. The highest BCUT2D eigenvalue weighted by Crippen LogP contribution is 2.19. The van der Waals surface area contributed by atoms with Crippen molar-refractivity contribution in [2.45, 2.75) is 44.8 Å². The minimum atomic E-state index is -1.03. The summed E-state index contributed by atoms with van der Waals surface area (Å²) < 4.78 is 0. The maximum atomic E-state index is 11.6. The van der Waals surface area contributed by atoms with Gasteiger partial charge in [0.1, 0.15) is 6.04 Å². The number of amides is 1. The number of hydrogen-bond acceptors (Lipinski definition) is 3. The highest BCUT2D eigenvalue weighted by atomic mass is 16.4. The van der Waals surface area contributed by atoms with Crippen LogP contribution >= 0.6 is 0 Å². The molecule has 2 atom stereocenters. The van der Waals surface area contributed by atoms with E-state index in [0.717, 1.165) is 12.8 Å². The number of likely N-dealkylation sites (tertiary alicyclic amines) is 1. The lowest BCUT2D eigenvalue weighted by Crippen LogP contribution is -2.40. The van der Waals surface area contributed by atoms with Gasteiger partial charge in [0.25, 0.3) is 0 Å². The van der Waals surface area contributed by atoms with Crippen LogP contribution in [0.25, 0.3) is 0 Å². The van der Waals surface area contributed by atoms with Crippen molar-refractivity contribution < 1.29 is 19.8 Å². The van der Waals surface area contributed by atoms with Gasteiger partial charge in [-0.05, 0) is 6.42 Å². The molecule has 0 bridgehead atoms. The van der Waals surface area contributed by atoms with Gasteiger partial charge in [-0.2, -0.15) is 0 Å². The van der Waals surface area contributed by atoms with E-state index in [4.69, 9.17) is 5.11 Å². The number of rotatable bonds is 4. The van der Waals surface area contributed by atoms with Gasteiger partial charge in [0.2, 0.25) is 5.91 Å². The zero-order chi connectivity index (χ0) is 11.4. The summed E-state index contributed by atoms with van der Waals surface area (Å²) in [6.45, 7) is 2.13. The Bertz CT molecular complexity index is 254. The summed E-state index contributed by atoms with van der Waals surface area (Å²) in [4.78, 5) is 23.7. The van der Waals surface area contributed by atoms with E-state index in [9.17, 15) is 14.7 Å². The zero-order valence-electron chi connectivity index (χ0n) is 8.85. The van der Waals surface area contributed by atoms with Crippen LogP contribution in [-0.4, -0.2) is 45.7 Å². The lowest BCUT2D eigenvalue weighted by Gasteiger charge is -2.20.